The molecule has 33 heavy (non-hydrogen) atoms. The van der Waals surface area contributed by atoms with Gasteiger partial charge in [-0.05, 0) is 86.0 Å². The van der Waals surface area contributed by atoms with Crippen LogP contribution >= 0.6 is 11.6 Å². The maximum absolute atomic E-state index is 12.9. The van der Waals surface area contributed by atoms with Crippen molar-refractivity contribution in [2.75, 3.05) is 5.32 Å². The van der Waals surface area contributed by atoms with E-state index in [2.05, 4.69) is 30.2 Å². The third-order valence-electron chi connectivity index (χ3n) is 5.78. The summed E-state index contributed by atoms with van der Waals surface area (Å²) >= 11 is 6.06. The average molecular weight is 457 g/mol. The van der Waals surface area contributed by atoms with E-state index in [0.717, 1.165) is 16.7 Å². The van der Waals surface area contributed by atoms with Crippen LogP contribution in [0.3, 0.4) is 0 Å². The molecule has 0 saturated carbocycles. The van der Waals surface area contributed by atoms with E-state index in [4.69, 9.17) is 20.4 Å². The van der Waals surface area contributed by atoms with Crippen LogP contribution in [0.1, 0.15) is 27.2 Å². The number of anilines is 1. The van der Waals surface area contributed by atoms with Crippen LogP contribution in [-0.2, 0) is 0 Å². The highest BCUT2D eigenvalue weighted by atomic mass is 35.5. The predicted molar refractivity (Wildman–Crippen MR) is 131 cm³/mol. The number of carbonyl (C=O) groups excluding carboxylic acids is 1. The molecule has 5 rings (SSSR count). The molecule has 0 aliphatic carbocycles. The number of oxazole rings is 1. The number of nitrogens with one attached hydrogen (secondary N) is 1. The van der Waals surface area contributed by atoms with Crippen molar-refractivity contribution in [1.82, 2.24) is 4.98 Å². The predicted octanol–water partition coefficient (Wildman–Crippen LogP) is 7.59. The lowest BCUT2D eigenvalue weighted by Crippen LogP contribution is -2.12. The SMILES string of the molecule is Cc1ccc(-c2ccc(C(=O)Nc3cccc(-c4nc5cc(Cl)ccc5o4)c3C)o2)cc1C. The number of amides is 1. The van der Waals surface area contributed by atoms with E-state index < -0.39 is 0 Å². The molecule has 3 aromatic carbocycles. The lowest BCUT2D eigenvalue weighted by Gasteiger charge is -2.10. The molecule has 0 spiro atoms. The van der Waals surface area contributed by atoms with Crippen molar-refractivity contribution in [2.45, 2.75) is 20.8 Å². The standard InChI is InChI=1S/C27H21ClN2O3/c1-15-7-8-18(13-16(15)2)23-11-12-25(32-23)26(31)29-21-6-4-5-20(17(21)3)27-30-22-14-19(28)9-10-24(22)33-27/h4-14H,1-3H3,(H,29,31). The Morgan fingerprint density at radius 2 is 1.76 bits per heavy atom. The quantitative estimate of drug-likeness (QED) is 0.302. The molecule has 6 heteroatoms. The van der Waals surface area contributed by atoms with Crippen molar-refractivity contribution in [2.24, 2.45) is 0 Å². The lowest BCUT2D eigenvalue weighted by molar-refractivity contribution is 0.0997. The van der Waals surface area contributed by atoms with Gasteiger partial charge in [-0.3, -0.25) is 4.79 Å². The van der Waals surface area contributed by atoms with Crippen LogP contribution in [0.5, 0.6) is 0 Å². The van der Waals surface area contributed by atoms with Crippen LogP contribution in [0.25, 0.3) is 33.9 Å². The van der Waals surface area contributed by atoms with Crippen LogP contribution in [0.2, 0.25) is 5.02 Å². The molecule has 0 aliphatic heterocycles. The molecule has 1 N–H and O–H groups in total. The second-order valence-corrected chi connectivity index (χ2v) is 8.46. The highest BCUT2D eigenvalue weighted by Crippen LogP contribution is 2.32. The number of rotatable bonds is 4. The highest BCUT2D eigenvalue weighted by molar-refractivity contribution is 6.31. The van der Waals surface area contributed by atoms with Crippen molar-refractivity contribution < 1.29 is 13.6 Å². The van der Waals surface area contributed by atoms with E-state index in [9.17, 15) is 4.79 Å². The summed E-state index contributed by atoms with van der Waals surface area (Å²) in [6, 6.07) is 20.5. The van der Waals surface area contributed by atoms with Gasteiger partial charge < -0.3 is 14.2 Å². The van der Waals surface area contributed by atoms with Crippen molar-refractivity contribution in [1.29, 1.82) is 0 Å². The third-order valence-corrected chi connectivity index (χ3v) is 6.02. The molecule has 0 saturated heterocycles. The van der Waals surface area contributed by atoms with E-state index in [-0.39, 0.29) is 11.7 Å². The molecule has 1 amide bonds. The maximum atomic E-state index is 12.9. The smallest absolute Gasteiger partial charge is 0.291 e. The Bertz CT molecular complexity index is 1510. The first-order chi connectivity index (χ1) is 15.9. The molecule has 0 unspecified atom stereocenters. The molecule has 5 nitrogen and oxygen atoms in total. The number of hydrogen-bond acceptors (Lipinski definition) is 4. The minimum absolute atomic E-state index is 0.240. The van der Waals surface area contributed by atoms with Crippen LogP contribution in [0.4, 0.5) is 5.69 Å². The van der Waals surface area contributed by atoms with E-state index in [1.807, 2.05) is 43.3 Å². The Kier molecular flexibility index (Phi) is 5.27. The van der Waals surface area contributed by atoms with Crippen LogP contribution in [0, 0.1) is 20.8 Å². The molecule has 0 atom stereocenters. The number of fused-ring (bicyclic) bond motifs is 1. The van der Waals surface area contributed by atoms with Gasteiger partial charge in [0.05, 0.1) is 0 Å². The number of halogens is 1. The Balaban J connectivity index is 1.41. The molecule has 0 bridgehead atoms. The van der Waals surface area contributed by atoms with E-state index in [1.54, 1.807) is 24.3 Å². The molecular formula is C27H21ClN2O3. The summed E-state index contributed by atoms with van der Waals surface area (Å²) in [5.74, 6) is 1.04. The minimum Gasteiger partial charge on any atom is -0.451 e. The number of carbonyl (C=O) groups is 1. The van der Waals surface area contributed by atoms with Crippen molar-refractivity contribution >= 4 is 34.3 Å². The number of aromatic nitrogens is 1. The van der Waals surface area contributed by atoms with Gasteiger partial charge in [-0.15, -0.1) is 0 Å². The molecule has 0 aliphatic rings. The van der Waals surface area contributed by atoms with E-state index in [1.165, 1.54) is 11.1 Å². The number of furan rings is 1. The Morgan fingerprint density at radius 3 is 2.58 bits per heavy atom. The zero-order valence-electron chi connectivity index (χ0n) is 18.4. The fraction of sp³-hybridized carbons (Fsp3) is 0.111. The molecular weight excluding hydrogens is 436 g/mol. The number of nitrogens with zero attached hydrogens (tertiary/aromatic N) is 1. The summed E-state index contributed by atoms with van der Waals surface area (Å²) in [4.78, 5) is 17.5. The molecule has 0 fully saturated rings. The van der Waals surface area contributed by atoms with Gasteiger partial charge >= 0.3 is 0 Å². The summed E-state index contributed by atoms with van der Waals surface area (Å²) in [7, 11) is 0. The summed E-state index contributed by atoms with van der Waals surface area (Å²) < 4.78 is 11.8. The van der Waals surface area contributed by atoms with Gasteiger partial charge in [0.2, 0.25) is 5.89 Å². The average Bonchev–Trinajstić information content (AvgIpc) is 3.44. The third kappa shape index (κ3) is 4.03. The van der Waals surface area contributed by atoms with Crippen molar-refractivity contribution in [3.8, 4) is 22.8 Å². The Morgan fingerprint density at radius 1 is 0.909 bits per heavy atom. The van der Waals surface area contributed by atoms with Gasteiger partial charge in [-0.25, -0.2) is 4.98 Å². The molecule has 5 aromatic rings. The highest BCUT2D eigenvalue weighted by Gasteiger charge is 2.17. The van der Waals surface area contributed by atoms with Crippen molar-refractivity contribution in [3.05, 3.63) is 94.2 Å². The van der Waals surface area contributed by atoms with Crippen molar-refractivity contribution in [3.63, 3.8) is 0 Å². The minimum atomic E-state index is -0.324. The molecule has 164 valence electrons. The van der Waals surface area contributed by atoms with Crippen LogP contribution in [0.15, 0.2) is 75.6 Å². The largest absolute Gasteiger partial charge is 0.451 e. The summed E-state index contributed by atoms with van der Waals surface area (Å²) in [6.07, 6.45) is 0. The van der Waals surface area contributed by atoms with Crippen LogP contribution < -0.4 is 5.32 Å². The van der Waals surface area contributed by atoms with Crippen LogP contribution in [-0.4, -0.2) is 10.9 Å². The lowest BCUT2D eigenvalue weighted by atomic mass is 10.1. The maximum Gasteiger partial charge on any atom is 0.291 e. The summed E-state index contributed by atoms with van der Waals surface area (Å²) in [5, 5.41) is 3.54. The topological polar surface area (TPSA) is 68.3 Å². The number of benzene rings is 3. The van der Waals surface area contributed by atoms with Gasteiger partial charge in [-0.1, -0.05) is 29.8 Å². The summed E-state index contributed by atoms with van der Waals surface area (Å²) in [6.45, 7) is 6.03. The molecule has 2 aromatic heterocycles. The Hall–Kier alpha value is -3.83. The first kappa shape index (κ1) is 21.0. The number of hydrogen-bond donors (Lipinski definition) is 1. The zero-order valence-corrected chi connectivity index (χ0v) is 19.2. The van der Waals surface area contributed by atoms with Gasteiger partial charge in [0.25, 0.3) is 5.91 Å². The summed E-state index contributed by atoms with van der Waals surface area (Å²) in [5.41, 5.74) is 6.93. The van der Waals surface area contributed by atoms with Gasteiger partial charge in [0.15, 0.2) is 11.3 Å². The monoisotopic (exact) mass is 456 g/mol. The fourth-order valence-corrected chi connectivity index (χ4v) is 3.88. The second kappa shape index (κ2) is 8.26. The van der Waals surface area contributed by atoms with Gasteiger partial charge in [0.1, 0.15) is 11.3 Å². The fourth-order valence-electron chi connectivity index (χ4n) is 3.71. The second-order valence-electron chi connectivity index (χ2n) is 8.03. The Labute approximate surface area is 196 Å². The zero-order chi connectivity index (χ0) is 23.1. The van der Waals surface area contributed by atoms with E-state index in [0.29, 0.717) is 33.5 Å². The first-order valence-corrected chi connectivity index (χ1v) is 10.9. The molecule has 2 heterocycles. The normalized spacial score (nSPS) is 11.2. The van der Waals surface area contributed by atoms with Gasteiger partial charge in [-0.2, -0.15) is 0 Å². The van der Waals surface area contributed by atoms with E-state index >= 15 is 0 Å². The molecule has 0 radical (unpaired) electrons. The first-order valence-electron chi connectivity index (χ1n) is 10.5. The van der Waals surface area contributed by atoms with Gasteiger partial charge in [0, 0.05) is 21.8 Å². The number of aryl methyl sites for hydroxylation is 2.